The van der Waals surface area contributed by atoms with Crippen LogP contribution in [-0.2, 0) is 9.84 Å². The maximum Gasteiger partial charge on any atom is 0.265 e. The molecule has 0 spiro atoms. The van der Waals surface area contributed by atoms with E-state index in [1.54, 1.807) is 61.7 Å². The summed E-state index contributed by atoms with van der Waals surface area (Å²) in [6.45, 7) is 0. The highest BCUT2D eigenvalue weighted by molar-refractivity contribution is 7.93. The minimum absolute atomic E-state index is 0.0909. The fourth-order valence-electron chi connectivity index (χ4n) is 3.46. The highest BCUT2D eigenvalue weighted by Crippen LogP contribution is 2.31. The molecule has 0 saturated heterocycles. The molecule has 0 unspecified atom stereocenters. The van der Waals surface area contributed by atoms with Crippen molar-refractivity contribution in [3.63, 3.8) is 0 Å². The van der Waals surface area contributed by atoms with E-state index in [1.807, 2.05) is 12.1 Å². The lowest BCUT2D eigenvalue weighted by molar-refractivity contribution is 0.103. The second kappa shape index (κ2) is 9.76. The molecule has 2 heterocycles. The molecule has 0 radical (unpaired) electrons. The summed E-state index contributed by atoms with van der Waals surface area (Å²) in [4.78, 5) is 17.9. The van der Waals surface area contributed by atoms with Crippen LogP contribution in [0.3, 0.4) is 0 Å². The van der Waals surface area contributed by atoms with Gasteiger partial charge in [0.05, 0.1) is 28.1 Å². The highest BCUT2D eigenvalue weighted by atomic mass is 32.2. The summed E-state index contributed by atoms with van der Waals surface area (Å²) < 4.78 is 36.5. The van der Waals surface area contributed by atoms with Crippen molar-refractivity contribution in [2.24, 2.45) is 0 Å². The van der Waals surface area contributed by atoms with Crippen molar-refractivity contribution in [1.82, 2.24) is 10.1 Å². The maximum absolute atomic E-state index is 13.0. The molecule has 5 aromatic rings. The molecule has 1 amide bonds. The Morgan fingerprint density at radius 2 is 1.64 bits per heavy atom. The number of sulfone groups is 1. The van der Waals surface area contributed by atoms with Gasteiger partial charge in [0.25, 0.3) is 11.8 Å². The number of carbonyl (C=O) groups is 1. The molecule has 5 rings (SSSR count). The van der Waals surface area contributed by atoms with Gasteiger partial charge in [-0.3, -0.25) is 4.79 Å². The molecule has 0 bridgehead atoms. The quantitative estimate of drug-likeness (QED) is 0.301. The SMILES string of the molecule is COc1ccc(-c2noc(-c3ccccc3NC(=O)c3ccc(S(=O)(=O)c4ccccc4)s3)n2)cc1. The summed E-state index contributed by atoms with van der Waals surface area (Å²) in [6.07, 6.45) is 0. The van der Waals surface area contributed by atoms with Gasteiger partial charge in [0.15, 0.2) is 0 Å². The van der Waals surface area contributed by atoms with E-state index >= 15 is 0 Å². The van der Waals surface area contributed by atoms with Gasteiger partial charge in [-0.1, -0.05) is 35.5 Å². The van der Waals surface area contributed by atoms with Gasteiger partial charge < -0.3 is 14.6 Å². The fraction of sp³-hybridized carbons (Fsp3) is 0.0385. The monoisotopic (exact) mass is 517 g/mol. The van der Waals surface area contributed by atoms with Crippen LogP contribution in [-0.4, -0.2) is 31.6 Å². The fourth-order valence-corrected chi connectivity index (χ4v) is 6.08. The number of aromatic nitrogens is 2. The molecule has 3 aromatic carbocycles. The number of anilines is 1. The first-order chi connectivity index (χ1) is 17.5. The summed E-state index contributed by atoms with van der Waals surface area (Å²) >= 11 is 0.906. The van der Waals surface area contributed by atoms with Gasteiger partial charge in [0.2, 0.25) is 15.7 Å². The van der Waals surface area contributed by atoms with E-state index in [2.05, 4.69) is 15.5 Å². The molecule has 0 atom stereocenters. The van der Waals surface area contributed by atoms with Gasteiger partial charge in [0.1, 0.15) is 9.96 Å². The van der Waals surface area contributed by atoms with Crippen LogP contribution in [0.4, 0.5) is 5.69 Å². The summed E-state index contributed by atoms with van der Waals surface area (Å²) in [5.41, 5.74) is 1.73. The average Bonchev–Trinajstić information content (AvgIpc) is 3.61. The number of nitrogens with one attached hydrogen (secondary N) is 1. The second-order valence-electron chi connectivity index (χ2n) is 7.59. The first-order valence-electron chi connectivity index (χ1n) is 10.7. The van der Waals surface area contributed by atoms with Crippen molar-refractivity contribution < 1.29 is 22.5 Å². The second-order valence-corrected chi connectivity index (χ2v) is 10.8. The Kier molecular flexibility index (Phi) is 6.36. The maximum atomic E-state index is 13.0. The van der Waals surface area contributed by atoms with Crippen molar-refractivity contribution in [2.75, 3.05) is 12.4 Å². The minimum atomic E-state index is -3.71. The summed E-state index contributed by atoms with van der Waals surface area (Å²) in [6, 6.07) is 25.3. The topological polar surface area (TPSA) is 111 Å². The van der Waals surface area contributed by atoms with Crippen molar-refractivity contribution >= 4 is 32.8 Å². The van der Waals surface area contributed by atoms with Crippen LogP contribution < -0.4 is 10.1 Å². The molecule has 36 heavy (non-hydrogen) atoms. The number of benzene rings is 3. The number of hydrogen-bond acceptors (Lipinski definition) is 8. The third-order valence-electron chi connectivity index (χ3n) is 5.30. The summed E-state index contributed by atoms with van der Waals surface area (Å²) in [5.74, 6) is 0.888. The van der Waals surface area contributed by atoms with E-state index in [-0.39, 0.29) is 19.9 Å². The van der Waals surface area contributed by atoms with E-state index in [1.165, 1.54) is 24.3 Å². The summed E-state index contributed by atoms with van der Waals surface area (Å²) in [5, 5.41) is 6.88. The smallest absolute Gasteiger partial charge is 0.265 e. The molecular formula is C26H19N3O5S2. The molecule has 2 aromatic heterocycles. The van der Waals surface area contributed by atoms with Crippen molar-refractivity contribution in [3.8, 4) is 28.6 Å². The standard InChI is InChI=1S/C26H19N3O5S2/c1-33-18-13-11-17(12-14-18)24-28-26(34-29-24)20-9-5-6-10-21(20)27-25(30)22-15-16-23(35-22)36(31,32)19-7-3-2-4-8-19/h2-16H,1H3,(H,27,30). The number of hydrogen-bond donors (Lipinski definition) is 1. The minimum Gasteiger partial charge on any atom is -0.497 e. The predicted molar refractivity (Wildman–Crippen MR) is 136 cm³/mol. The first kappa shape index (κ1) is 23.5. The van der Waals surface area contributed by atoms with Crippen molar-refractivity contribution in [3.05, 3.63) is 95.9 Å². The van der Waals surface area contributed by atoms with Crippen LogP contribution in [0.2, 0.25) is 0 Å². The lowest BCUT2D eigenvalue weighted by atomic mass is 10.1. The van der Waals surface area contributed by atoms with E-state index in [0.717, 1.165) is 16.9 Å². The number of amides is 1. The van der Waals surface area contributed by atoms with Crippen LogP contribution in [0, 0.1) is 0 Å². The predicted octanol–water partition coefficient (Wildman–Crippen LogP) is 5.56. The largest absolute Gasteiger partial charge is 0.497 e. The lowest BCUT2D eigenvalue weighted by Crippen LogP contribution is -2.11. The van der Waals surface area contributed by atoms with Gasteiger partial charge in [0, 0.05) is 5.56 Å². The van der Waals surface area contributed by atoms with Gasteiger partial charge >= 0.3 is 0 Å². The van der Waals surface area contributed by atoms with Gasteiger partial charge in [-0.15, -0.1) is 11.3 Å². The number of thiophene rings is 1. The molecule has 0 fully saturated rings. The zero-order valence-corrected chi connectivity index (χ0v) is 20.5. The van der Waals surface area contributed by atoms with Gasteiger partial charge in [-0.25, -0.2) is 8.42 Å². The van der Waals surface area contributed by atoms with Crippen LogP contribution in [0.5, 0.6) is 5.75 Å². The zero-order valence-electron chi connectivity index (χ0n) is 18.9. The van der Waals surface area contributed by atoms with Crippen LogP contribution in [0.15, 0.2) is 105 Å². The molecule has 0 saturated carbocycles. The Morgan fingerprint density at radius 1 is 0.917 bits per heavy atom. The van der Waals surface area contributed by atoms with Crippen molar-refractivity contribution in [2.45, 2.75) is 9.10 Å². The van der Waals surface area contributed by atoms with Crippen LogP contribution in [0.25, 0.3) is 22.8 Å². The zero-order chi connectivity index (χ0) is 25.1. The normalized spacial score (nSPS) is 11.2. The van der Waals surface area contributed by atoms with Gasteiger partial charge in [-0.2, -0.15) is 4.98 Å². The van der Waals surface area contributed by atoms with E-state index < -0.39 is 15.7 Å². The van der Waals surface area contributed by atoms with Crippen LogP contribution in [0.1, 0.15) is 9.67 Å². The molecule has 10 heteroatoms. The van der Waals surface area contributed by atoms with E-state index in [9.17, 15) is 13.2 Å². The molecule has 0 aliphatic heterocycles. The Labute approximate surface area is 211 Å². The van der Waals surface area contributed by atoms with Crippen molar-refractivity contribution in [1.29, 1.82) is 0 Å². The molecule has 0 aliphatic carbocycles. The number of rotatable bonds is 7. The average molecular weight is 518 g/mol. The van der Waals surface area contributed by atoms with Gasteiger partial charge in [-0.05, 0) is 60.7 Å². The number of para-hydroxylation sites is 1. The Bertz CT molecular complexity index is 1630. The Morgan fingerprint density at radius 3 is 2.39 bits per heavy atom. The summed E-state index contributed by atoms with van der Waals surface area (Å²) in [7, 11) is -2.12. The molecule has 180 valence electrons. The number of carbonyl (C=O) groups excluding carboxylic acids is 1. The number of methoxy groups -OCH3 is 1. The Hall–Kier alpha value is -4.28. The Balaban J connectivity index is 1.38. The highest BCUT2D eigenvalue weighted by Gasteiger charge is 2.22. The molecule has 1 N–H and O–H groups in total. The molecular weight excluding hydrogens is 498 g/mol. The molecule has 8 nitrogen and oxygen atoms in total. The number of ether oxygens (including phenoxy) is 1. The first-order valence-corrected chi connectivity index (χ1v) is 13.0. The molecule has 0 aliphatic rings. The third kappa shape index (κ3) is 4.64. The lowest BCUT2D eigenvalue weighted by Gasteiger charge is -2.07. The number of nitrogens with zero attached hydrogens (tertiary/aromatic N) is 2. The van der Waals surface area contributed by atoms with E-state index in [4.69, 9.17) is 9.26 Å². The van der Waals surface area contributed by atoms with E-state index in [0.29, 0.717) is 22.8 Å². The third-order valence-corrected chi connectivity index (χ3v) is 8.65. The van der Waals surface area contributed by atoms with Crippen LogP contribution >= 0.6 is 11.3 Å².